The SMILES string of the molecule is CNC1CC(C)CCc2c1cc1c3c(cccc23)CC1. The van der Waals surface area contributed by atoms with Crippen molar-refractivity contribution >= 4 is 10.8 Å². The van der Waals surface area contributed by atoms with Crippen molar-refractivity contribution in [2.24, 2.45) is 5.92 Å². The van der Waals surface area contributed by atoms with Gasteiger partial charge in [-0.2, -0.15) is 0 Å². The Hall–Kier alpha value is -1.34. The van der Waals surface area contributed by atoms with Gasteiger partial charge in [-0.05, 0) is 78.1 Å². The van der Waals surface area contributed by atoms with Gasteiger partial charge in [-0.15, -0.1) is 0 Å². The molecule has 1 N–H and O–H groups in total. The third-order valence-electron chi connectivity index (χ3n) is 5.39. The summed E-state index contributed by atoms with van der Waals surface area (Å²) in [6.45, 7) is 2.40. The zero-order valence-electron chi connectivity index (χ0n) is 12.5. The Balaban J connectivity index is 2.01. The first-order valence-electron chi connectivity index (χ1n) is 8.01. The Bertz CT molecular complexity index is 671. The summed E-state index contributed by atoms with van der Waals surface area (Å²) in [6.07, 6.45) is 6.30. The number of hydrogen-bond acceptors (Lipinski definition) is 1. The van der Waals surface area contributed by atoms with Crippen LogP contribution in [0.2, 0.25) is 0 Å². The molecule has 2 atom stereocenters. The molecule has 0 aromatic heterocycles. The second kappa shape index (κ2) is 4.60. The molecule has 0 saturated carbocycles. The van der Waals surface area contributed by atoms with E-state index in [9.17, 15) is 0 Å². The lowest BCUT2D eigenvalue weighted by Crippen LogP contribution is -2.18. The van der Waals surface area contributed by atoms with Crippen molar-refractivity contribution in [1.82, 2.24) is 5.32 Å². The van der Waals surface area contributed by atoms with Gasteiger partial charge in [-0.1, -0.05) is 31.2 Å². The molecule has 0 spiro atoms. The first-order valence-corrected chi connectivity index (χ1v) is 8.01. The molecule has 1 nitrogen and oxygen atoms in total. The van der Waals surface area contributed by atoms with Crippen LogP contribution in [0.25, 0.3) is 10.8 Å². The minimum Gasteiger partial charge on any atom is -0.313 e. The van der Waals surface area contributed by atoms with E-state index in [0.29, 0.717) is 6.04 Å². The molecule has 0 fully saturated rings. The Morgan fingerprint density at radius 2 is 1.95 bits per heavy atom. The smallest absolute Gasteiger partial charge is 0.0323 e. The molecule has 0 aliphatic heterocycles. The molecule has 20 heavy (non-hydrogen) atoms. The second-order valence-electron chi connectivity index (χ2n) is 6.66. The van der Waals surface area contributed by atoms with Crippen LogP contribution >= 0.6 is 0 Å². The standard InChI is InChI=1S/C19H23N/c1-12-6-9-15-16-5-3-4-13-7-8-14(19(13)16)11-17(15)18(10-12)20-2/h3-5,11-12,18,20H,6-10H2,1-2H3. The fourth-order valence-corrected chi connectivity index (χ4v) is 4.31. The summed E-state index contributed by atoms with van der Waals surface area (Å²) in [4.78, 5) is 0. The van der Waals surface area contributed by atoms with Crippen molar-refractivity contribution in [3.63, 3.8) is 0 Å². The molecule has 2 unspecified atom stereocenters. The van der Waals surface area contributed by atoms with Crippen molar-refractivity contribution in [1.29, 1.82) is 0 Å². The zero-order valence-corrected chi connectivity index (χ0v) is 12.5. The molecular formula is C19H23N. The number of hydrogen-bond donors (Lipinski definition) is 1. The Kier molecular flexibility index (Phi) is 2.85. The van der Waals surface area contributed by atoms with Crippen LogP contribution in [0.15, 0.2) is 24.3 Å². The highest BCUT2D eigenvalue weighted by molar-refractivity contribution is 5.94. The van der Waals surface area contributed by atoms with Gasteiger partial charge in [0.2, 0.25) is 0 Å². The van der Waals surface area contributed by atoms with Crippen LogP contribution in [0.4, 0.5) is 0 Å². The number of rotatable bonds is 1. The average molecular weight is 265 g/mol. The van der Waals surface area contributed by atoms with E-state index < -0.39 is 0 Å². The normalized spacial score (nSPS) is 24.7. The molecule has 0 radical (unpaired) electrons. The molecule has 2 aliphatic rings. The minimum atomic E-state index is 0.535. The van der Waals surface area contributed by atoms with Crippen molar-refractivity contribution in [2.75, 3.05) is 7.05 Å². The Morgan fingerprint density at radius 3 is 2.80 bits per heavy atom. The van der Waals surface area contributed by atoms with Gasteiger partial charge >= 0.3 is 0 Å². The number of nitrogens with one attached hydrogen (secondary N) is 1. The summed E-state index contributed by atoms with van der Waals surface area (Å²) < 4.78 is 0. The van der Waals surface area contributed by atoms with Crippen LogP contribution in [0.5, 0.6) is 0 Å². The van der Waals surface area contributed by atoms with Crippen LogP contribution in [0.3, 0.4) is 0 Å². The van der Waals surface area contributed by atoms with E-state index in [0.717, 1.165) is 5.92 Å². The highest BCUT2D eigenvalue weighted by atomic mass is 14.9. The highest BCUT2D eigenvalue weighted by Gasteiger charge is 2.26. The van der Waals surface area contributed by atoms with E-state index in [-0.39, 0.29) is 0 Å². The lowest BCUT2D eigenvalue weighted by Gasteiger charge is -2.20. The fraction of sp³-hybridized carbons (Fsp3) is 0.474. The third kappa shape index (κ3) is 1.73. The van der Waals surface area contributed by atoms with Crippen LogP contribution < -0.4 is 5.32 Å². The summed E-state index contributed by atoms with van der Waals surface area (Å²) in [7, 11) is 2.12. The quantitative estimate of drug-likeness (QED) is 0.763. The molecule has 104 valence electrons. The van der Waals surface area contributed by atoms with Crippen molar-refractivity contribution in [3.8, 4) is 0 Å². The van der Waals surface area contributed by atoms with Gasteiger partial charge in [-0.25, -0.2) is 0 Å². The first-order chi connectivity index (χ1) is 9.78. The Morgan fingerprint density at radius 1 is 1.10 bits per heavy atom. The fourth-order valence-electron chi connectivity index (χ4n) is 4.31. The maximum Gasteiger partial charge on any atom is 0.0323 e. The number of aryl methyl sites for hydroxylation is 3. The lowest BCUT2D eigenvalue weighted by atomic mass is 9.90. The van der Waals surface area contributed by atoms with Crippen LogP contribution in [-0.2, 0) is 19.3 Å². The monoisotopic (exact) mass is 265 g/mol. The van der Waals surface area contributed by atoms with E-state index in [1.807, 2.05) is 0 Å². The summed E-state index contributed by atoms with van der Waals surface area (Å²) in [5, 5.41) is 6.69. The topological polar surface area (TPSA) is 12.0 Å². The van der Waals surface area contributed by atoms with Gasteiger partial charge < -0.3 is 5.32 Å². The van der Waals surface area contributed by atoms with E-state index >= 15 is 0 Å². The van der Waals surface area contributed by atoms with Crippen molar-refractivity contribution in [2.45, 2.75) is 45.1 Å². The number of fused-ring (bicyclic) bond motifs is 2. The predicted octanol–water partition coefficient (Wildman–Crippen LogP) is 4.17. The second-order valence-corrected chi connectivity index (χ2v) is 6.66. The predicted molar refractivity (Wildman–Crippen MR) is 85.3 cm³/mol. The van der Waals surface area contributed by atoms with Crippen LogP contribution in [-0.4, -0.2) is 7.05 Å². The molecule has 0 heterocycles. The average Bonchev–Trinajstić information content (AvgIpc) is 2.80. The molecular weight excluding hydrogens is 242 g/mol. The highest BCUT2D eigenvalue weighted by Crippen LogP contribution is 2.40. The van der Waals surface area contributed by atoms with Gasteiger partial charge in [-0.3, -0.25) is 0 Å². The molecule has 2 aromatic rings. The molecule has 2 aromatic carbocycles. The largest absolute Gasteiger partial charge is 0.313 e. The Labute approximate surface area is 121 Å². The summed E-state index contributed by atoms with van der Waals surface area (Å²) in [5.41, 5.74) is 6.36. The molecule has 1 heteroatoms. The van der Waals surface area contributed by atoms with Gasteiger partial charge in [0, 0.05) is 6.04 Å². The van der Waals surface area contributed by atoms with Crippen LogP contribution in [0.1, 0.15) is 48.1 Å². The summed E-state index contributed by atoms with van der Waals surface area (Å²) in [6, 6.07) is 9.99. The first kappa shape index (κ1) is 12.4. The molecule has 2 aliphatic carbocycles. The van der Waals surface area contributed by atoms with Crippen molar-refractivity contribution < 1.29 is 0 Å². The summed E-state index contributed by atoms with van der Waals surface area (Å²) in [5.74, 6) is 0.810. The van der Waals surface area contributed by atoms with Crippen LogP contribution in [0, 0.1) is 5.92 Å². The summed E-state index contributed by atoms with van der Waals surface area (Å²) >= 11 is 0. The van der Waals surface area contributed by atoms with E-state index in [1.165, 1.54) is 32.1 Å². The van der Waals surface area contributed by atoms with E-state index in [1.54, 1.807) is 33.0 Å². The lowest BCUT2D eigenvalue weighted by molar-refractivity contribution is 0.428. The van der Waals surface area contributed by atoms with Crippen molar-refractivity contribution in [3.05, 3.63) is 46.5 Å². The van der Waals surface area contributed by atoms with Gasteiger partial charge in [0.05, 0.1) is 0 Å². The molecule has 4 rings (SSSR count). The minimum absolute atomic E-state index is 0.535. The third-order valence-corrected chi connectivity index (χ3v) is 5.39. The zero-order chi connectivity index (χ0) is 13.7. The van der Waals surface area contributed by atoms with E-state index in [4.69, 9.17) is 0 Å². The van der Waals surface area contributed by atoms with Gasteiger partial charge in [0.25, 0.3) is 0 Å². The van der Waals surface area contributed by atoms with Gasteiger partial charge in [0.15, 0.2) is 0 Å². The molecule has 0 amide bonds. The maximum absolute atomic E-state index is 3.56. The number of benzene rings is 2. The van der Waals surface area contributed by atoms with E-state index in [2.05, 4.69) is 43.6 Å². The maximum atomic E-state index is 3.56. The molecule has 0 saturated heterocycles. The molecule has 0 bridgehead atoms. The van der Waals surface area contributed by atoms with Gasteiger partial charge in [0.1, 0.15) is 0 Å².